The zero-order valence-corrected chi connectivity index (χ0v) is 9.56. The molecule has 0 spiro atoms. The number of aromatic nitrogens is 1. The molecule has 1 aromatic heterocycles. The van der Waals surface area contributed by atoms with Crippen LogP contribution >= 0.6 is 0 Å². The van der Waals surface area contributed by atoms with Crippen molar-refractivity contribution >= 4 is 16.6 Å². The minimum Gasteiger partial charge on any atom is -0.346 e. The molecule has 3 rings (SSSR count). The van der Waals surface area contributed by atoms with Crippen molar-refractivity contribution < 1.29 is 4.92 Å². The highest BCUT2D eigenvalue weighted by Gasteiger charge is 2.19. The number of fused-ring (bicyclic) bond motifs is 3. The van der Waals surface area contributed by atoms with Gasteiger partial charge in [-0.05, 0) is 24.6 Å². The maximum Gasteiger partial charge on any atom is 0.270 e. The van der Waals surface area contributed by atoms with Crippen LogP contribution in [-0.2, 0) is 20.0 Å². The average Bonchev–Trinajstić information content (AvgIpc) is 2.64. The first kappa shape index (κ1) is 10.3. The summed E-state index contributed by atoms with van der Waals surface area (Å²) in [5, 5.41) is 15.2. The summed E-state index contributed by atoms with van der Waals surface area (Å²) in [6, 6.07) is 5.10. The third-order valence-electron chi connectivity index (χ3n) is 3.47. The summed E-state index contributed by atoms with van der Waals surface area (Å²) in [5.41, 5.74) is 3.74. The van der Waals surface area contributed by atoms with Gasteiger partial charge in [-0.2, -0.15) is 0 Å². The lowest BCUT2D eigenvalue weighted by Gasteiger charge is -2.14. The van der Waals surface area contributed by atoms with Gasteiger partial charge in [0.1, 0.15) is 0 Å². The van der Waals surface area contributed by atoms with Gasteiger partial charge in [-0.25, -0.2) is 0 Å². The van der Waals surface area contributed by atoms with Gasteiger partial charge in [-0.3, -0.25) is 10.1 Å². The summed E-state index contributed by atoms with van der Waals surface area (Å²) >= 11 is 0. The summed E-state index contributed by atoms with van der Waals surface area (Å²) in [6.07, 6.45) is 0.938. The third-order valence-corrected chi connectivity index (χ3v) is 3.47. The second-order valence-electron chi connectivity index (χ2n) is 4.37. The van der Waals surface area contributed by atoms with Gasteiger partial charge in [0.25, 0.3) is 5.69 Å². The van der Waals surface area contributed by atoms with Crippen LogP contribution in [0, 0.1) is 10.1 Å². The van der Waals surface area contributed by atoms with Crippen LogP contribution in [0.5, 0.6) is 0 Å². The van der Waals surface area contributed by atoms with Crippen molar-refractivity contribution in [2.75, 3.05) is 6.54 Å². The zero-order valence-electron chi connectivity index (χ0n) is 9.56. The van der Waals surface area contributed by atoms with Gasteiger partial charge in [0.2, 0.25) is 0 Å². The highest BCUT2D eigenvalue weighted by atomic mass is 16.6. The predicted molar refractivity (Wildman–Crippen MR) is 65.0 cm³/mol. The number of nitrogens with zero attached hydrogens (tertiary/aromatic N) is 2. The fourth-order valence-corrected chi connectivity index (χ4v) is 2.60. The van der Waals surface area contributed by atoms with Crippen LogP contribution in [0.4, 0.5) is 5.69 Å². The summed E-state index contributed by atoms with van der Waals surface area (Å²) in [5.74, 6) is 0. The standard InChI is InChI=1S/C12H13N3O2/c1-14-11-3-2-8(15(16)17)6-10(11)9-4-5-13-7-12(9)14/h2-3,6,13H,4-5,7H2,1H3. The monoisotopic (exact) mass is 231 g/mol. The fraction of sp³-hybridized carbons (Fsp3) is 0.333. The Kier molecular flexibility index (Phi) is 2.16. The summed E-state index contributed by atoms with van der Waals surface area (Å²) in [7, 11) is 2.01. The minimum absolute atomic E-state index is 0.171. The van der Waals surface area contributed by atoms with Crippen LogP contribution < -0.4 is 5.32 Å². The largest absolute Gasteiger partial charge is 0.346 e. The number of non-ortho nitro benzene ring substituents is 1. The van der Waals surface area contributed by atoms with Crippen molar-refractivity contribution in [3.05, 3.63) is 39.6 Å². The second-order valence-corrected chi connectivity index (χ2v) is 4.37. The van der Waals surface area contributed by atoms with Crippen molar-refractivity contribution in [2.45, 2.75) is 13.0 Å². The van der Waals surface area contributed by atoms with Gasteiger partial charge in [0, 0.05) is 42.3 Å². The molecule has 0 saturated carbocycles. The van der Waals surface area contributed by atoms with E-state index >= 15 is 0 Å². The number of hydrogen-bond donors (Lipinski definition) is 1. The molecule has 2 aromatic rings. The Hall–Kier alpha value is -1.88. The smallest absolute Gasteiger partial charge is 0.270 e. The summed E-state index contributed by atoms with van der Waals surface area (Å²) in [4.78, 5) is 10.5. The molecule has 1 aromatic carbocycles. The Bertz CT molecular complexity index is 616. The lowest BCUT2D eigenvalue weighted by Crippen LogP contribution is -2.24. The number of rotatable bonds is 1. The molecule has 1 N–H and O–H groups in total. The van der Waals surface area contributed by atoms with Crippen molar-refractivity contribution in [2.24, 2.45) is 7.05 Å². The zero-order chi connectivity index (χ0) is 12.0. The molecule has 0 fully saturated rings. The van der Waals surface area contributed by atoms with E-state index < -0.39 is 0 Å². The average molecular weight is 231 g/mol. The van der Waals surface area contributed by atoms with Gasteiger partial charge in [-0.1, -0.05) is 0 Å². The van der Waals surface area contributed by atoms with Gasteiger partial charge in [0.15, 0.2) is 0 Å². The van der Waals surface area contributed by atoms with Crippen LogP contribution in [0.25, 0.3) is 10.9 Å². The normalized spacial score (nSPS) is 14.9. The Balaban J connectivity index is 2.32. The Labute approximate surface area is 98.2 Å². The fourth-order valence-electron chi connectivity index (χ4n) is 2.60. The van der Waals surface area contributed by atoms with E-state index in [1.54, 1.807) is 12.1 Å². The first-order chi connectivity index (χ1) is 8.18. The number of benzene rings is 1. The Morgan fingerprint density at radius 1 is 1.47 bits per heavy atom. The van der Waals surface area contributed by atoms with Crippen LogP contribution in [0.15, 0.2) is 18.2 Å². The molecule has 17 heavy (non-hydrogen) atoms. The van der Waals surface area contributed by atoms with E-state index in [2.05, 4.69) is 9.88 Å². The maximum absolute atomic E-state index is 10.8. The molecule has 2 heterocycles. The molecule has 1 aliphatic rings. The Morgan fingerprint density at radius 2 is 2.29 bits per heavy atom. The van der Waals surface area contributed by atoms with Crippen molar-refractivity contribution in [1.29, 1.82) is 0 Å². The lowest BCUT2D eigenvalue weighted by molar-refractivity contribution is -0.384. The highest BCUT2D eigenvalue weighted by molar-refractivity contribution is 5.87. The van der Waals surface area contributed by atoms with E-state index in [1.807, 2.05) is 13.1 Å². The topological polar surface area (TPSA) is 60.1 Å². The van der Waals surface area contributed by atoms with Gasteiger partial charge >= 0.3 is 0 Å². The summed E-state index contributed by atoms with van der Waals surface area (Å²) in [6.45, 7) is 1.78. The van der Waals surface area contributed by atoms with Crippen molar-refractivity contribution in [3.8, 4) is 0 Å². The number of nitro benzene ring substituents is 1. The van der Waals surface area contributed by atoms with Crippen LogP contribution in [0.3, 0.4) is 0 Å². The molecule has 5 heteroatoms. The van der Waals surface area contributed by atoms with Crippen LogP contribution in [-0.4, -0.2) is 16.0 Å². The first-order valence-electron chi connectivity index (χ1n) is 5.64. The van der Waals surface area contributed by atoms with E-state index in [4.69, 9.17) is 0 Å². The number of aryl methyl sites for hydroxylation is 1. The van der Waals surface area contributed by atoms with Crippen LogP contribution in [0.2, 0.25) is 0 Å². The van der Waals surface area contributed by atoms with Gasteiger partial charge in [0.05, 0.1) is 4.92 Å². The quantitative estimate of drug-likeness (QED) is 0.600. The number of hydrogen-bond acceptors (Lipinski definition) is 3. The minimum atomic E-state index is -0.333. The second kappa shape index (κ2) is 3.56. The van der Waals surface area contributed by atoms with Gasteiger partial charge < -0.3 is 9.88 Å². The molecule has 0 radical (unpaired) electrons. The van der Waals surface area contributed by atoms with E-state index in [-0.39, 0.29) is 10.6 Å². The molecular weight excluding hydrogens is 218 g/mol. The molecule has 0 amide bonds. The lowest BCUT2D eigenvalue weighted by atomic mass is 10.0. The molecule has 1 aliphatic heterocycles. The first-order valence-corrected chi connectivity index (χ1v) is 5.64. The summed E-state index contributed by atoms with van der Waals surface area (Å²) < 4.78 is 2.13. The molecule has 0 saturated heterocycles. The Morgan fingerprint density at radius 3 is 3.06 bits per heavy atom. The predicted octanol–water partition coefficient (Wildman–Crippen LogP) is 1.73. The highest BCUT2D eigenvalue weighted by Crippen LogP contribution is 2.30. The molecule has 0 unspecified atom stereocenters. The molecular formula is C12H13N3O2. The van der Waals surface area contributed by atoms with Crippen LogP contribution in [0.1, 0.15) is 11.3 Å². The molecule has 0 atom stereocenters. The van der Waals surface area contributed by atoms with Gasteiger partial charge in [-0.15, -0.1) is 0 Å². The SMILES string of the molecule is Cn1c2c(c3cc([N+](=O)[O-])ccc31)CCNC2. The van der Waals surface area contributed by atoms with E-state index in [0.29, 0.717) is 0 Å². The number of nitro groups is 1. The maximum atomic E-state index is 10.8. The van der Waals surface area contributed by atoms with E-state index in [9.17, 15) is 10.1 Å². The van der Waals surface area contributed by atoms with Crippen molar-refractivity contribution in [3.63, 3.8) is 0 Å². The third kappa shape index (κ3) is 1.43. The molecule has 0 aliphatic carbocycles. The molecule has 5 nitrogen and oxygen atoms in total. The van der Waals surface area contributed by atoms with Crippen molar-refractivity contribution in [1.82, 2.24) is 9.88 Å². The number of nitrogens with one attached hydrogen (secondary N) is 1. The van der Waals surface area contributed by atoms with E-state index in [1.165, 1.54) is 11.3 Å². The molecule has 0 bridgehead atoms. The molecule has 88 valence electrons. The van der Waals surface area contributed by atoms with E-state index in [0.717, 1.165) is 30.4 Å².